The van der Waals surface area contributed by atoms with Crippen molar-refractivity contribution in [2.24, 2.45) is 10.6 Å². The quantitative estimate of drug-likeness (QED) is 0.439. The van der Waals surface area contributed by atoms with Crippen LogP contribution in [0.25, 0.3) is 0 Å². The smallest absolute Gasteiger partial charge is 0.321 e. The third-order valence-corrected chi connectivity index (χ3v) is 1.60. The summed E-state index contributed by atoms with van der Waals surface area (Å²) in [5.74, 6) is -0.276. The van der Waals surface area contributed by atoms with Gasteiger partial charge in [-0.15, -0.1) is 0 Å². The van der Waals surface area contributed by atoms with Crippen LogP contribution in [0.1, 0.15) is 0 Å². The highest BCUT2D eigenvalue weighted by atomic mass is 16.7. The zero-order chi connectivity index (χ0) is 12.8. The average Bonchev–Trinajstić information content (AvgIpc) is 2.29. The Labute approximate surface area is 93.7 Å². The molecule has 0 fully saturated rings. The first-order chi connectivity index (χ1) is 8.06. The Balaban J connectivity index is 3.08. The topological polar surface area (TPSA) is 129 Å². The molecule has 17 heavy (non-hydrogen) atoms. The van der Waals surface area contributed by atoms with Gasteiger partial charge in [0.25, 0.3) is 5.69 Å². The largest absolute Gasteiger partial charge is 0.380 e. The standard InChI is InChI=1S/C7H6N4O6/c1-16-8-9-17-7-3-2-5(10(12)13)4-6(7)11(14)15/h2-4H,1H3/b9-8-. The lowest BCUT2D eigenvalue weighted by atomic mass is 10.2. The highest BCUT2D eigenvalue weighted by molar-refractivity contribution is 5.53. The van der Waals surface area contributed by atoms with E-state index >= 15 is 0 Å². The first kappa shape index (κ1) is 12.3. The molecule has 1 aromatic carbocycles. The molecule has 0 aliphatic heterocycles. The molecule has 0 radical (unpaired) electrons. The summed E-state index contributed by atoms with van der Waals surface area (Å²) in [7, 11) is 1.21. The summed E-state index contributed by atoms with van der Waals surface area (Å²) in [5.41, 5.74) is -1.01. The van der Waals surface area contributed by atoms with E-state index in [1.54, 1.807) is 0 Å². The van der Waals surface area contributed by atoms with E-state index in [9.17, 15) is 20.2 Å². The summed E-state index contributed by atoms with van der Waals surface area (Å²) < 4.78 is 0. The minimum atomic E-state index is -0.829. The van der Waals surface area contributed by atoms with Crippen molar-refractivity contribution in [3.8, 4) is 5.75 Å². The predicted octanol–water partition coefficient (Wildman–Crippen LogP) is 1.81. The summed E-state index contributed by atoms with van der Waals surface area (Å²) in [6.07, 6.45) is 0. The van der Waals surface area contributed by atoms with E-state index in [-0.39, 0.29) is 5.75 Å². The first-order valence-electron chi connectivity index (χ1n) is 4.09. The van der Waals surface area contributed by atoms with Crippen LogP contribution in [-0.2, 0) is 4.84 Å². The van der Waals surface area contributed by atoms with E-state index < -0.39 is 21.2 Å². The van der Waals surface area contributed by atoms with Crippen molar-refractivity contribution in [2.45, 2.75) is 0 Å². The molecule has 10 nitrogen and oxygen atoms in total. The highest BCUT2D eigenvalue weighted by Crippen LogP contribution is 2.31. The van der Waals surface area contributed by atoms with Crippen LogP contribution < -0.4 is 4.84 Å². The third kappa shape index (κ3) is 3.09. The first-order valence-corrected chi connectivity index (χ1v) is 4.09. The maximum atomic E-state index is 10.6. The Morgan fingerprint density at radius 1 is 1.18 bits per heavy atom. The van der Waals surface area contributed by atoms with Gasteiger partial charge in [-0.1, -0.05) is 0 Å². The number of rotatable bonds is 5. The van der Waals surface area contributed by atoms with Crippen molar-refractivity contribution < 1.29 is 19.5 Å². The lowest BCUT2D eigenvalue weighted by Crippen LogP contribution is -1.95. The number of nitrogens with zero attached hydrogens (tertiary/aromatic N) is 4. The molecule has 0 atom stereocenters. The van der Waals surface area contributed by atoms with Crippen LogP contribution in [0.2, 0.25) is 0 Å². The van der Waals surface area contributed by atoms with Gasteiger partial charge in [-0.3, -0.25) is 20.2 Å². The number of hydrogen-bond acceptors (Lipinski definition) is 8. The SMILES string of the molecule is CO/N=N\Oc1ccc([N+](=O)[O-])cc1[N+](=O)[O-]. The van der Waals surface area contributed by atoms with Gasteiger partial charge in [0.05, 0.1) is 26.5 Å². The highest BCUT2D eigenvalue weighted by Gasteiger charge is 2.21. The third-order valence-electron chi connectivity index (χ3n) is 1.60. The molecule has 1 aromatic rings. The lowest BCUT2D eigenvalue weighted by Gasteiger charge is -1.98. The second-order valence-electron chi connectivity index (χ2n) is 2.60. The molecule has 0 heterocycles. The second-order valence-corrected chi connectivity index (χ2v) is 2.60. The Kier molecular flexibility index (Phi) is 3.86. The predicted molar refractivity (Wildman–Crippen MR) is 52.2 cm³/mol. The number of benzene rings is 1. The van der Waals surface area contributed by atoms with Gasteiger partial charge in [0.1, 0.15) is 7.11 Å². The van der Waals surface area contributed by atoms with Crippen LogP contribution in [-0.4, -0.2) is 17.0 Å². The lowest BCUT2D eigenvalue weighted by molar-refractivity contribution is -0.394. The molecule has 0 saturated heterocycles. The van der Waals surface area contributed by atoms with E-state index in [1.165, 1.54) is 7.11 Å². The van der Waals surface area contributed by atoms with Gasteiger partial charge in [0.2, 0.25) is 5.75 Å². The Bertz CT molecular complexity index is 473. The monoisotopic (exact) mass is 242 g/mol. The fourth-order valence-electron chi connectivity index (χ4n) is 0.933. The van der Waals surface area contributed by atoms with Gasteiger partial charge >= 0.3 is 5.69 Å². The van der Waals surface area contributed by atoms with Crippen LogP contribution in [0.15, 0.2) is 28.8 Å². The maximum absolute atomic E-state index is 10.6. The number of non-ortho nitro benzene ring substituents is 1. The van der Waals surface area contributed by atoms with Crippen molar-refractivity contribution >= 4 is 11.4 Å². The summed E-state index contributed by atoms with van der Waals surface area (Å²) >= 11 is 0. The molecular weight excluding hydrogens is 236 g/mol. The van der Waals surface area contributed by atoms with E-state index in [2.05, 4.69) is 20.2 Å². The molecule has 0 aliphatic carbocycles. The van der Waals surface area contributed by atoms with Crippen molar-refractivity contribution in [3.05, 3.63) is 38.4 Å². The number of hydrogen-bond donors (Lipinski definition) is 0. The van der Waals surface area contributed by atoms with E-state index in [4.69, 9.17) is 0 Å². The maximum Gasteiger partial charge on any atom is 0.321 e. The summed E-state index contributed by atoms with van der Waals surface area (Å²) in [6, 6.07) is 2.85. The Hall–Kier alpha value is -2.78. The van der Waals surface area contributed by atoms with Crippen LogP contribution in [0.3, 0.4) is 0 Å². The molecule has 10 heteroatoms. The van der Waals surface area contributed by atoms with Gasteiger partial charge in [-0.25, -0.2) is 0 Å². The van der Waals surface area contributed by atoms with Crippen molar-refractivity contribution in [1.82, 2.24) is 0 Å². The molecule has 1 rings (SSSR count). The normalized spacial score (nSPS) is 10.2. The number of nitro benzene ring substituents is 2. The Morgan fingerprint density at radius 3 is 2.41 bits per heavy atom. The minimum absolute atomic E-state index is 0.276. The van der Waals surface area contributed by atoms with E-state index in [1.807, 2.05) is 0 Å². The van der Waals surface area contributed by atoms with Crippen molar-refractivity contribution in [1.29, 1.82) is 0 Å². The average molecular weight is 242 g/mol. The minimum Gasteiger partial charge on any atom is -0.380 e. The second kappa shape index (κ2) is 5.34. The fourth-order valence-corrected chi connectivity index (χ4v) is 0.933. The molecule has 0 aromatic heterocycles. The van der Waals surface area contributed by atoms with E-state index in [0.29, 0.717) is 0 Å². The van der Waals surface area contributed by atoms with Gasteiger partial charge in [0.15, 0.2) is 0 Å². The number of nitro groups is 2. The molecule has 0 saturated carbocycles. The van der Waals surface area contributed by atoms with Gasteiger partial charge in [-0.2, -0.15) is 0 Å². The van der Waals surface area contributed by atoms with Gasteiger partial charge in [-0.05, 0) is 6.07 Å². The molecule has 0 aliphatic rings. The van der Waals surface area contributed by atoms with Crippen molar-refractivity contribution in [2.75, 3.05) is 7.11 Å². The molecule has 90 valence electrons. The van der Waals surface area contributed by atoms with E-state index in [0.717, 1.165) is 18.2 Å². The fraction of sp³-hybridized carbons (Fsp3) is 0.143. The van der Waals surface area contributed by atoms with Crippen LogP contribution in [0.4, 0.5) is 11.4 Å². The van der Waals surface area contributed by atoms with Crippen molar-refractivity contribution in [3.63, 3.8) is 0 Å². The molecule has 0 unspecified atom stereocenters. The van der Waals surface area contributed by atoms with Gasteiger partial charge in [0, 0.05) is 6.07 Å². The summed E-state index contributed by atoms with van der Waals surface area (Å²) in [5, 5.41) is 27.0. The van der Waals surface area contributed by atoms with Gasteiger partial charge < -0.3 is 9.68 Å². The zero-order valence-electron chi connectivity index (χ0n) is 8.47. The Morgan fingerprint density at radius 2 is 1.88 bits per heavy atom. The zero-order valence-corrected chi connectivity index (χ0v) is 8.47. The summed E-state index contributed by atoms with van der Waals surface area (Å²) in [6.45, 7) is 0. The van der Waals surface area contributed by atoms with Crippen LogP contribution in [0.5, 0.6) is 5.75 Å². The molecule has 0 N–H and O–H groups in total. The summed E-state index contributed by atoms with van der Waals surface area (Å²) in [4.78, 5) is 28.2. The molecule has 0 bridgehead atoms. The molecule has 0 spiro atoms. The molecular formula is C7H6N4O6. The van der Waals surface area contributed by atoms with Crippen LogP contribution >= 0.6 is 0 Å². The molecule has 0 amide bonds. The van der Waals surface area contributed by atoms with Crippen LogP contribution in [0, 0.1) is 20.2 Å².